The van der Waals surface area contributed by atoms with Crippen LogP contribution in [0.1, 0.15) is 28.9 Å². The number of hydrogen-bond acceptors (Lipinski definition) is 4. The van der Waals surface area contributed by atoms with Crippen molar-refractivity contribution in [2.75, 3.05) is 33.4 Å². The fourth-order valence-corrected chi connectivity index (χ4v) is 3.19. The highest BCUT2D eigenvalue weighted by atomic mass is 32.1. The van der Waals surface area contributed by atoms with Crippen LogP contribution in [-0.2, 0) is 9.53 Å². The number of nitrogens with one attached hydrogen (secondary N) is 1. The number of ether oxygens (including phenoxy) is 1. The largest absolute Gasteiger partial charge is 0.385 e. The Labute approximate surface area is 129 Å². The lowest BCUT2D eigenvalue weighted by molar-refractivity contribution is -0.126. The van der Waals surface area contributed by atoms with Crippen molar-refractivity contribution in [1.82, 2.24) is 10.2 Å². The van der Waals surface area contributed by atoms with Crippen LogP contribution in [-0.4, -0.2) is 50.1 Å². The molecule has 1 saturated heterocycles. The third-order valence-corrected chi connectivity index (χ3v) is 4.49. The quantitative estimate of drug-likeness (QED) is 0.815. The number of piperidine rings is 1. The predicted molar refractivity (Wildman–Crippen MR) is 82.4 cm³/mol. The first-order valence-corrected chi connectivity index (χ1v) is 8.19. The molecule has 2 rings (SSSR count). The average molecular weight is 310 g/mol. The Hall–Kier alpha value is -1.40. The van der Waals surface area contributed by atoms with Gasteiger partial charge in [0.1, 0.15) is 0 Å². The Kier molecular flexibility index (Phi) is 6.20. The van der Waals surface area contributed by atoms with E-state index in [9.17, 15) is 9.59 Å². The average Bonchev–Trinajstić information content (AvgIpc) is 3.05. The van der Waals surface area contributed by atoms with Crippen LogP contribution < -0.4 is 5.32 Å². The summed E-state index contributed by atoms with van der Waals surface area (Å²) in [6.45, 7) is 2.53. The van der Waals surface area contributed by atoms with Crippen LogP contribution in [0.2, 0.25) is 0 Å². The zero-order valence-corrected chi connectivity index (χ0v) is 13.2. The van der Waals surface area contributed by atoms with E-state index in [1.54, 1.807) is 12.0 Å². The van der Waals surface area contributed by atoms with Crippen molar-refractivity contribution in [3.05, 3.63) is 22.4 Å². The van der Waals surface area contributed by atoms with Crippen LogP contribution in [0.25, 0.3) is 0 Å². The monoisotopic (exact) mass is 310 g/mol. The molecule has 0 saturated carbocycles. The Morgan fingerprint density at radius 3 is 3.10 bits per heavy atom. The number of rotatable bonds is 6. The van der Waals surface area contributed by atoms with Gasteiger partial charge in [0.05, 0.1) is 10.8 Å². The number of likely N-dealkylation sites (tertiary alicyclic amines) is 1. The highest BCUT2D eigenvalue weighted by Crippen LogP contribution is 2.20. The number of carbonyl (C=O) groups excluding carboxylic acids is 2. The maximum atomic E-state index is 12.3. The van der Waals surface area contributed by atoms with Crippen LogP contribution in [0, 0.1) is 5.92 Å². The Morgan fingerprint density at radius 2 is 2.38 bits per heavy atom. The molecular formula is C15H22N2O3S. The molecule has 1 unspecified atom stereocenters. The van der Waals surface area contributed by atoms with Gasteiger partial charge in [-0.15, -0.1) is 11.3 Å². The SMILES string of the molecule is COCCCNC(=O)C1CCCN(C(=O)c2cccs2)C1. The minimum absolute atomic E-state index is 0.0434. The maximum Gasteiger partial charge on any atom is 0.263 e. The molecule has 21 heavy (non-hydrogen) atoms. The van der Waals surface area contributed by atoms with Crippen molar-refractivity contribution in [3.63, 3.8) is 0 Å². The standard InChI is InChI=1S/C15H22N2O3S/c1-20-9-4-7-16-14(18)12-5-2-8-17(11-12)15(19)13-6-3-10-21-13/h3,6,10,12H,2,4-5,7-9,11H2,1H3,(H,16,18). The van der Waals surface area contributed by atoms with Crippen LogP contribution in [0.3, 0.4) is 0 Å². The zero-order valence-electron chi connectivity index (χ0n) is 12.3. The molecule has 5 nitrogen and oxygen atoms in total. The second-order valence-corrected chi connectivity index (χ2v) is 6.15. The fraction of sp³-hybridized carbons (Fsp3) is 0.600. The minimum Gasteiger partial charge on any atom is -0.385 e. The number of amides is 2. The van der Waals surface area contributed by atoms with E-state index in [4.69, 9.17) is 4.74 Å². The summed E-state index contributed by atoms with van der Waals surface area (Å²) >= 11 is 1.45. The summed E-state index contributed by atoms with van der Waals surface area (Å²) in [7, 11) is 1.65. The van der Waals surface area contributed by atoms with Crippen molar-refractivity contribution in [3.8, 4) is 0 Å². The highest BCUT2D eigenvalue weighted by Gasteiger charge is 2.28. The summed E-state index contributed by atoms with van der Waals surface area (Å²) in [6, 6.07) is 3.71. The van der Waals surface area contributed by atoms with E-state index in [2.05, 4.69) is 5.32 Å². The van der Waals surface area contributed by atoms with Crippen molar-refractivity contribution >= 4 is 23.2 Å². The van der Waals surface area contributed by atoms with E-state index in [1.807, 2.05) is 17.5 Å². The Morgan fingerprint density at radius 1 is 1.52 bits per heavy atom. The molecule has 2 amide bonds. The topological polar surface area (TPSA) is 58.6 Å². The van der Waals surface area contributed by atoms with Crippen LogP contribution >= 0.6 is 11.3 Å². The molecule has 1 N–H and O–H groups in total. The van der Waals surface area contributed by atoms with E-state index < -0.39 is 0 Å². The summed E-state index contributed by atoms with van der Waals surface area (Å²) in [6.07, 6.45) is 2.55. The number of hydrogen-bond donors (Lipinski definition) is 1. The van der Waals surface area contributed by atoms with Gasteiger partial charge in [-0.3, -0.25) is 9.59 Å². The lowest BCUT2D eigenvalue weighted by Crippen LogP contribution is -2.45. The second kappa shape index (κ2) is 8.14. The van der Waals surface area contributed by atoms with Crippen molar-refractivity contribution in [2.24, 2.45) is 5.92 Å². The lowest BCUT2D eigenvalue weighted by atomic mass is 9.97. The van der Waals surface area contributed by atoms with E-state index in [0.29, 0.717) is 19.7 Å². The van der Waals surface area contributed by atoms with Gasteiger partial charge >= 0.3 is 0 Å². The van der Waals surface area contributed by atoms with E-state index in [-0.39, 0.29) is 17.7 Å². The summed E-state index contributed by atoms with van der Waals surface area (Å²) in [4.78, 5) is 27.0. The molecule has 0 radical (unpaired) electrons. The molecule has 6 heteroatoms. The molecule has 1 aromatic heterocycles. The molecular weight excluding hydrogens is 288 g/mol. The smallest absolute Gasteiger partial charge is 0.263 e. The van der Waals surface area contributed by atoms with E-state index in [0.717, 1.165) is 30.7 Å². The van der Waals surface area contributed by atoms with Gasteiger partial charge in [-0.2, -0.15) is 0 Å². The molecule has 1 aliphatic heterocycles. The number of methoxy groups -OCH3 is 1. The summed E-state index contributed by atoms with van der Waals surface area (Å²) in [5.41, 5.74) is 0. The Bertz CT molecular complexity index is 461. The van der Waals surface area contributed by atoms with Crippen molar-refractivity contribution < 1.29 is 14.3 Å². The second-order valence-electron chi connectivity index (χ2n) is 5.21. The van der Waals surface area contributed by atoms with E-state index >= 15 is 0 Å². The first-order valence-electron chi connectivity index (χ1n) is 7.32. The molecule has 2 heterocycles. The third-order valence-electron chi connectivity index (χ3n) is 3.64. The number of nitrogens with zero attached hydrogens (tertiary/aromatic N) is 1. The summed E-state index contributed by atoms with van der Waals surface area (Å²) < 4.78 is 4.96. The van der Waals surface area contributed by atoms with E-state index in [1.165, 1.54) is 11.3 Å². The van der Waals surface area contributed by atoms with Crippen LogP contribution in [0.5, 0.6) is 0 Å². The predicted octanol–water partition coefficient (Wildman–Crippen LogP) is 1.75. The van der Waals surface area contributed by atoms with Gasteiger partial charge in [0.2, 0.25) is 5.91 Å². The van der Waals surface area contributed by atoms with Gasteiger partial charge in [-0.05, 0) is 30.7 Å². The molecule has 0 aliphatic carbocycles. The van der Waals surface area contributed by atoms with Gasteiger partial charge in [0.25, 0.3) is 5.91 Å². The van der Waals surface area contributed by atoms with Gasteiger partial charge in [-0.1, -0.05) is 6.07 Å². The molecule has 0 spiro atoms. The maximum absolute atomic E-state index is 12.3. The van der Waals surface area contributed by atoms with Gasteiger partial charge < -0.3 is 15.0 Å². The molecule has 0 bridgehead atoms. The van der Waals surface area contributed by atoms with Crippen LogP contribution in [0.15, 0.2) is 17.5 Å². The normalized spacial score (nSPS) is 18.5. The minimum atomic E-state index is -0.0924. The first kappa shape index (κ1) is 16.0. The lowest BCUT2D eigenvalue weighted by Gasteiger charge is -2.31. The fourth-order valence-electron chi connectivity index (χ4n) is 2.50. The highest BCUT2D eigenvalue weighted by molar-refractivity contribution is 7.12. The molecule has 0 aromatic carbocycles. The van der Waals surface area contributed by atoms with Gasteiger partial charge in [0, 0.05) is 33.4 Å². The summed E-state index contributed by atoms with van der Waals surface area (Å²) in [5.74, 6) is 0.00173. The third kappa shape index (κ3) is 4.54. The van der Waals surface area contributed by atoms with Crippen LogP contribution in [0.4, 0.5) is 0 Å². The van der Waals surface area contributed by atoms with Crippen molar-refractivity contribution in [1.29, 1.82) is 0 Å². The zero-order chi connectivity index (χ0) is 15.1. The molecule has 1 atom stereocenters. The molecule has 1 aromatic rings. The Balaban J connectivity index is 1.83. The molecule has 1 aliphatic rings. The first-order chi connectivity index (χ1) is 10.2. The van der Waals surface area contributed by atoms with Crippen molar-refractivity contribution in [2.45, 2.75) is 19.3 Å². The number of thiophene rings is 1. The molecule has 1 fully saturated rings. The van der Waals surface area contributed by atoms with Gasteiger partial charge in [0.15, 0.2) is 0 Å². The number of carbonyl (C=O) groups is 2. The molecule has 116 valence electrons. The summed E-state index contributed by atoms with van der Waals surface area (Å²) in [5, 5.41) is 4.83. The van der Waals surface area contributed by atoms with Gasteiger partial charge in [-0.25, -0.2) is 0 Å².